The summed E-state index contributed by atoms with van der Waals surface area (Å²) in [6, 6.07) is 3.84. The lowest BCUT2D eigenvalue weighted by molar-refractivity contribution is -0.385. The highest BCUT2D eigenvalue weighted by Crippen LogP contribution is 2.18. The highest BCUT2D eigenvalue weighted by atomic mass is 32.2. The Labute approximate surface area is 108 Å². The van der Waals surface area contributed by atoms with Crippen LogP contribution < -0.4 is 4.72 Å². The average Bonchev–Trinajstić information content (AvgIpc) is 2.35. The highest BCUT2D eigenvalue weighted by molar-refractivity contribution is 7.89. The van der Waals surface area contributed by atoms with Crippen molar-refractivity contribution in [2.75, 3.05) is 0 Å². The number of nitro groups is 1. The van der Waals surface area contributed by atoms with Gasteiger partial charge in [0.05, 0.1) is 9.82 Å². The lowest BCUT2D eigenvalue weighted by atomic mass is 10.1. The second kappa shape index (κ2) is 4.42. The molecule has 0 fully saturated rings. The predicted octanol–water partition coefficient (Wildman–Crippen LogP) is 1.67. The van der Waals surface area contributed by atoms with Crippen LogP contribution in [-0.4, -0.2) is 18.9 Å². The molecule has 0 radical (unpaired) electrons. The normalized spacial score (nSPS) is 19.1. The zero-order valence-corrected chi connectivity index (χ0v) is 9.61. The molecule has 0 saturated carbocycles. The SMILES string of the molecule is [2H]C([2H])([2H])C(C)(NS(=O)(=O)c1cccc([N+](=O)[O-])c1)C([2H])([2H])[2H]. The standard InChI is InChI=1S/C10H14N2O4S/c1-10(2,3)11-17(15,16)9-6-4-5-8(7-9)12(13)14/h4-7,11H,1-3H3/i1D3,2D3. The molecule has 0 saturated heterocycles. The van der Waals surface area contributed by atoms with Crippen LogP contribution >= 0.6 is 0 Å². The molecule has 0 heterocycles. The van der Waals surface area contributed by atoms with Gasteiger partial charge in [-0.1, -0.05) is 6.07 Å². The van der Waals surface area contributed by atoms with Crippen LogP contribution in [0.1, 0.15) is 28.9 Å². The Bertz CT molecular complexity index is 699. The van der Waals surface area contributed by atoms with Gasteiger partial charge in [-0.2, -0.15) is 0 Å². The molecule has 0 aliphatic rings. The molecule has 6 nitrogen and oxygen atoms in total. The summed E-state index contributed by atoms with van der Waals surface area (Å²) in [6.45, 7) is -5.61. The van der Waals surface area contributed by atoms with Gasteiger partial charge in [-0.15, -0.1) is 0 Å². The number of nitrogens with zero attached hydrogens (tertiary/aromatic N) is 1. The van der Waals surface area contributed by atoms with E-state index < -0.39 is 44.8 Å². The van der Waals surface area contributed by atoms with Gasteiger partial charge in [0.1, 0.15) is 0 Å². The van der Waals surface area contributed by atoms with E-state index >= 15 is 0 Å². The first-order valence-electron chi connectivity index (χ1n) is 7.40. The van der Waals surface area contributed by atoms with E-state index in [4.69, 9.17) is 8.22 Å². The van der Waals surface area contributed by atoms with Crippen LogP contribution in [0.5, 0.6) is 0 Å². The van der Waals surface area contributed by atoms with E-state index in [0.29, 0.717) is 6.07 Å². The molecule has 0 spiro atoms. The summed E-state index contributed by atoms with van der Waals surface area (Å²) in [7, 11) is -4.61. The van der Waals surface area contributed by atoms with Crippen LogP contribution in [0, 0.1) is 10.1 Å². The van der Waals surface area contributed by atoms with E-state index in [1.54, 1.807) is 4.72 Å². The number of rotatable bonds is 3. The minimum Gasteiger partial charge on any atom is -0.258 e. The zero-order chi connectivity index (χ0) is 18.3. The van der Waals surface area contributed by atoms with E-state index in [9.17, 15) is 18.5 Å². The van der Waals surface area contributed by atoms with Crippen LogP contribution in [0.4, 0.5) is 5.69 Å². The first kappa shape index (κ1) is 7.07. The lowest BCUT2D eigenvalue weighted by Crippen LogP contribution is -2.40. The maximum absolute atomic E-state index is 12.3. The van der Waals surface area contributed by atoms with Gasteiger partial charge in [0.15, 0.2) is 0 Å². The molecule has 7 heteroatoms. The Morgan fingerprint density at radius 3 is 2.65 bits per heavy atom. The first-order valence-corrected chi connectivity index (χ1v) is 5.88. The summed E-state index contributed by atoms with van der Waals surface area (Å²) in [6.07, 6.45) is 0. The van der Waals surface area contributed by atoms with Crippen molar-refractivity contribution >= 4 is 15.7 Å². The van der Waals surface area contributed by atoms with Crippen molar-refractivity contribution in [3.63, 3.8) is 0 Å². The number of hydrogen-bond acceptors (Lipinski definition) is 4. The Balaban J connectivity index is 3.39. The van der Waals surface area contributed by atoms with Crippen molar-refractivity contribution in [3.05, 3.63) is 34.4 Å². The Morgan fingerprint density at radius 1 is 1.47 bits per heavy atom. The van der Waals surface area contributed by atoms with Gasteiger partial charge >= 0.3 is 0 Å². The fourth-order valence-corrected chi connectivity index (χ4v) is 2.28. The summed E-state index contributed by atoms with van der Waals surface area (Å²) in [5.41, 5.74) is -3.29. The second-order valence-corrected chi connectivity index (χ2v) is 5.17. The number of sulfonamides is 1. The Morgan fingerprint density at radius 2 is 2.12 bits per heavy atom. The molecule has 0 aliphatic carbocycles. The van der Waals surface area contributed by atoms with Crippen LogP contribution in [-0.2, 0) is 10.0 Å². The van der Waals surface area contributed by atoms with E-state index in [2.05, 4.69) is 0 Å². The number of non-ortho nitro benzene ring substituents is 1. The molecule has 94 valence electrons. The van der Waals surface area contributed by atoms with Crippen molar-refractivity contribution in [3.8, 4) is 0 Å². The average molecular weight is 264 g/mol. The van der Waals surface area contributed by atoms with Crippen molar-refractivity contribution in [2.24, 2.45) is 0 Å². The quantitative estimate of drug-likeness (QED) is 0.664. The summed E-state index contributed by atoms with van der Waals surface area (Å²) in [5, 5.41) is 10.7. The molecule has 0 aromatic heterocycles. The number of nitro benzene ring substituents is 1. The third-order valence-corrected chi connectivity index (χ3v) is 3.23. The molecule has 1 aromatic rings. The van der Waals surface area contributed by atoms with Crippen molar-refractivity contribution in [2.45, 2.75) is 31.1 Å². The van der Waals surface area contributed by atoms with Gasteiger partial charge in [0, 0.05) is 25.9 Å². The maximum Gasteiger partial charge on any atom is 0.270 e. The van der Waals surface area contributed by atoms with Gasteiger partial charge < -0.3 is 0 Å². The zero-order valence-electron chi connectivity index (χ0n) is 14.8. The van der Waals surface area contributed by atoms with Crippen LogP contribution in [0.25, 0.3) is 0 Å². The van der Waals surface area contributed by atoms with Gasteiger partial charge in [-0.05, 0) is 26.7 Å². The first-order chi connectivity index (χ1) is 10.1. The lowest BCUT2D eigenvalue weighted by Gasteiger charge is -2.20. The smallest absolute Gasteiger partial charge is 0.258 e. The molecular weight excluding hydrogens is 244 g/mol. The largest absolute Gasteiger partial charge is 0.270 e. The summed E-state index contributed by atoms with van der Waals surface area (Å²) in [4.78, 5) is 9.26. The summed E-state index contributed by atoms with van der Waals surface area (Å²) >= 11 is 0. The second-order valence-electron chi connectivity index (χ2n) is 3.48. The minimum absolute atomic E-state index is 0.530. The summed E-state index contributed by atoms with van der Waals surface area (Å²) < 4.78 is 70.2. The summed E-state index contributed by atoms with van der Waals surface area (Å²) in [5.74, 6) is 0. The molecule has 0 amide bonds. The molecule has 0 atom stereocenters. The molecular formula is C10H14N2O4S. The van der Waals surface area contributed by atoms with E-state index in [1.807, 2.05) is 0 Å². The molecule has 0 aliphatic heterocycles. The molecule has 0 unspecified atom stereocenters. The van der Waals surface area contributed by atoms with Gasteiger partial charge in [-0.25, -0.2) is 13.1 Å². The molecule has 1 aromatic carbocycles. The fourth-order valence-electron chi connectivity index (χ4n) is 1.09. The van der Waals surface area contributed by atoms with Crippen LogP contribution in [0.15, 0.2) is 29.2 Å². The third kappa shape index (κ3) is 3.79. The number of hydrogen-bond donors (Lipinski definition) is 1. The molecule has 1 N–H and O–H groups in total. The Hall–Kier alpha value is -1.47. The van der Waals surface area contributed by atoms with Crippen molar-refractivity contribution in [1.29, 1.82) is 0 Å². The third-order valence-electron chi connectivity index (χ3n) is 1.68. The van der Waals surface area contributed by atoms with Gasteiger partial charge in [0.25, 0.3) is 5.69 Å². The van der Waals surface area contributed by atoms with Crippen molar-refractivity contribution in [1.82, 2.24) is 4.72 Å². The van der Waals surface area contributed by atoms with E-state index in [0.717, 1.165) is 25.1 Å². The molecule has 1 rings (SSSR count). The maximum atomic E-state index is 12.3. The fraction of sp³-hybridized carbons (Fsp3) is 0.400. The molecule has 17 heavy (non-hydrogen) atoms. The minimum atomic E-state index is -4.61. The van der Waals surface area contributed by atoms with Crippen molar-refractivity contribution < 1.29 is 21.6 Å². The van der Waals surface area contributed by atoms with Crippen LogP contribution in [0.3, 0.4) is 0 Å². The highest BCUT2D eigenvalue weighted by Gasteiger charge is 2.23. The van der Waals surface area contributed by atoms with E-state index in [-0.39, 0.29) is 0 Å². The van der Waals surface area contributed by atoms with Gasteiger partial charge in [0.2, 0.25) is 10.0 Å². The van der Waals surface area contributed by atoms with E-state index in [1.165, 1.54) is 0 Å². The monoisotopic (exact) mass is 264 g/mol. The topological polar surface area (TPSA) is 89.3 Å². The van der Waals surface area contributed by atoms with Crippen LogP contribution in [0.2, 0.25) is 0 Å². The predicted molar refractivity (Wildman–Crippen MR) is 63.2 cm³/mol. The number of nitrogens with one attached hydrogen (secondary N) is 1. The Kier molecular flexibility index (Phi) is 1.84. The number of benzene rings is 1. The molecule has 0 bridgehead atoms. The van der Waals surface area contributed by atoms with Gasteiger partial charge in [-0.3, -0.25) is 10.1 Å².